The van der Waals surface area contributed by atoms with Crippen LogP contribution in [0.1, 0.15) is 17.3 Å². The van der Waals surface area contributed by atoms with E-state index in [4.69, 9.17) is 25.8 Å². The van der Waals surface area contributed by atoms with E-state index in [1.807, 2.05) is 0 Å². The van der Waals surface area contributed by atoms with E-state index in [0.29, 0.717) is 30.4 Å². The lowest BCUT2D eigenvalue weighted by molar-refractivity contribution is -0.123. The standard InChI is InChI=1S/C18H15ClFNO5/c1-10(26-18(23)16-12(19)3-2-4-13(16)20)17(22)21-11-5-6-14-15(9-11)25-8-7-24-14/h2-6,9-10H,7-8H2,1H3,(H,21,22)/t10-/m1/s1. The number of carbonyl (C=O) groups is 2. The largest absolute Gasteiger partial charge is 0.486 e. The lowest BCUT2D eigenvalue weighted by Gasteiger charge is -2.19. The summed E-state index contributed by atoms with van der Waals surface area (Å²) >= 11 is 5.82. The Kier molecular flexibility index (Phi) is 5.27. The van der Waals surface area contributed by atoms with Gasteiger partial charge in [0.2, 0.25) is 0 Å². The van der Waals surface area contributed by atoms with Crippen molar-refractivity contribution in [3.63, 3.8) is 0 Å². The Balaban J connectivity index is 1.65. The molecule has 1 aliphatic heterocycles. The molecule has 0 spiro atoms. The molecule has 0 radical (unpaired) electrons. The summed E-state index contributed by atoms with van der Waals surface area (Å²) in [6.07, 6.45) is -1.16. The number of anilines is 1. The van der Waals surface area contributed by atoms with E-state index in [1.165, 1.54) is 19.1 Å². The Hall–Kier alpha value is -2.80. The number of hydrogen-bond acceptors (Lipinski definition) is 5. The van der Waals surface area contributed by atoms with Crippen molar-refractivity contribution in [2.75, 3.05) is 18.5 Å². The minimum atomic E-state index is -1.16. The van der Waals surface area contributed by atoms with Crippen molar-refractivity contribution in [2.24, 2.45) is 0 Å². The van der Waals surface area contributed by atoms with Gasteiger partial charge in [-0.25, -0.2) is 9.18 Å². The molecule has 1 N–H and O–H groups in total. The molecular formula is C18H15ClFNO5. The number of rotatable bonds is 4. The number of esters is 1. The molecule has 136 valence electrons. The molecule has 0 aliphatic carbocycles. The lowest BCUT2D eigenvalue weighted by Crippen LogP contribution is -2.30. The molecule has 3 rings (SSSR count). The average Bonchev–Trinajstić information content (AvgIpc) is 2.61. The van der Waals surface area contributed by atoms with Crippen LogP contribution in [0.15, 0.2) is 36.4 Å². The Labute approximate surface area is 153 Å². The first kappa shape index (κ1) is 18.0. The maximum atomic E-state index is 13.7. The Morgan fingerprint density at radius 2 is 1.92 bits per heavy atom. The monoisotopic (exact) mass is 379 g/mol. The molecule has 6 nitrogen and oxygen atoms in total. The van der Waals surface area contributed by atoms with Crippen molar-refractivity contribution in [3.05, 3.63) is 52.8 Å². The average molecular weight is 380 g/mol. The molecular weight excluding hydrogens is 365 g/mol. The van der Waals surface area contributed by atoms with Crippen LogP contribution in [0.2, 0.25) is 5.02 Å². The normalized spacial score (nSPS) is 13.7. The highest BCUT2D eigenvalue weighted by Crippen LogP contribution is 2.32. The predicted octanol–water partition coefficient (Wildman–Crippen LogP) is 3.43. The quantitative estimate of drug-likeness (QED) is 0.824. The van der Waals surface area contributed by atoms with E-state index < -0.39 is 29.4 Å². The Morgan fingerprint density at radius 1 is 1.19 bits per heavy atom. The maximum absolute atomic E-state index is 13.7. The Bertz CT molecular complexity index is 837. The third-order valence-electron chi connectivity index (χ3n) is 3.63. The number of hydrogen-bond donors (Lipinski definition) is 1. The van der Waals surface area contributed by atoms with Crippen molar-refractivity contribution in [1.29, 1.82) is 0 Å². The van der Waals surface area contributed by atoms with Crippen LogP contribution in [0.5, 0.6) is 11.5 Å². The van der Waals surface area contributed by atoms with Crippen LogP contribution in [0.25, 0.3) is 0 Å². The highest BCUT2D eigenvalue weighted by molar-refractivity contribution is 6.33. The molecule has 2 aromatic rings. The third-order valence-corrected chi connectivity index (χ3v) is 3.94. The van der Waals surface area contributed by atoms with Crippen molar-refractivity contribution in [2.45, 2.75) is 13.0 Å². The molecule has 1 heterocycles. The molecule has 26 heavy (non-hydrogen) atoms. The van der Waals surface area contributed by atoms with Crippen LogP contribution in [0.3, 0.4) is 0 Å². The van der Waals surface area contributed by atoms with E-state index in [-0.39, 0.29) is 5.02 Å². The van der Waals surface area contributed by atoms with Crippen molar-refractivity contribution >= 4 is 29.2 Å². The van der Waals surface area contributed by atoms with Crippen LogP contribution in [0.4, 0.5) is 10.1 Å². The van der Waals surface area contributed by atoms with Gasteiger partial charge >= 0.3 is 5.97 Å². The fourth-order valence-electron chi connectivity index (χ4n) is 2.33. The van der Waals surface area contributed by atoms with E-state index >= 15 is 0 Å². The minimum absolute atomic E-state index is 0.0885. The zero-order chi connectivity index (χ0) is 18.7. The van der Waals surface area contributed by atoms with Crippen LogP contribution < -0.4 is 14.8 Å². The first-order valence-corrected chi connectivity index (χ1v) is 8.19. The maximum Gasteiger partial charge on any atom is 0.343 e. The van der Waals surface area contributed by atoms with Gasteiger partial charge in [-0.05, 0) is 31.2 Å². The second-order valence-corrected chi connectivity index (χ2v) is 5.90. The fourth-order valence-corrected chi connectivity index (χ4v) is 2.57. The van der Waals surface area contributed by atoms with Gasteiger partial charge in [-0.3, -0.25) is 4.79 Å². The molecule has 0 aromatic heterocycles. The van der Waals surface area contributed by atoms with Crippen LogP contribution in [-0.2, 0) is 9.53 Å². The van der Waals surface area contributed by atoms with Gasteiger partial charge in [0.1, 0.15) is 24.6 Å². The first-order valence-electron chi connectivity index (χ1n) is 7.81. The number of ether oxygens (including phenoxy) is 3. The summed E-state index contributed by atoms with van der Waals surface area (Å²) < 4.78 is 29.6. The molecule has 0 bridgehead atoms. The van der Waals surface area contributed by atoms with Crippen molar-refractivity contribution < 1.29 is 28.2 Å². The minimum Gasteiger partial charge on any atom is -0.486 e. The summed E-state index contributed by atoms with van der Waals surface area (Å²) in [5.41, 5.74) is 0.0409. The number of amides is 1. The number of nitrogens with one attached hydrogen (secondary N) is 1. The number of halogens is 2. The van der Waals surface area contributed by atoms with Gasteiger partial charge in [0.25, 0.3) is 5.91 Å². The summed E-state index contributed by atoms with van der Waals surface area (Å²) in [6.45, 7) is 2.26. The van der Waals surface area contributed by atoms with E-state index in [0.717, 1.165) is 6.07 Å². The number of fused-ring (bicyclic) bond motifs is 1. The topological polar surface area (TPSA) is 73.9 Å². The molecule has 0 saturated carbocycles. The Morgan fingerprint density at radius 3 is 2.65 bits per heavy atom. The summed E-state index contributed by atoms with van der Waals surface area (Å²) in [5.74, 6) is -1.32. The zero-order valence-electron chi connectivity index (χ0n) is 13.8. The molecule has 0 unspecified atom stereocenters. The van der Waals surface area contributed by atoms with Crippen LogP contribution >= 0.6 is 11.6 Å². The van der Waals surface area contributed by atoms with Gasteiger partial charge < -0.3 is 19.5 Å². The van der Waals surface area contributed by atoms with E-state index in [9.17, 15) is 14.0 Å². The number of benzene rings is 2. The molecule has 8 heteroatoms. The first-order chi connectivity index (χ1) is 12.5. The second-order valence-electron chi connectivity index (χ2n) is 5.49. The van der Waals surface area contributed by atoms with E-state index in [1.54, 1.807) is 18.2 Å². The molecule has 1 amide bonds. The van der Waals surface area contributed by atoms with Gasteiger partial charge in [-0.2, -0.15) is 0 Å². The van der Waals surface area contributed by atoms with Crippen molar-refractivity contribution in [3.8, 4) is 11.5 Å². The highest BCUT2D eigenvalue weighted by Gasteiger charge is 2.23. The second kappa shape index (κ2) is 7.61. The van der Waals surface area contributed by atoms with Crippen LogP contribution in [-0.4, -0.2) is 31.2 Å². The zero-order valence-corrected chi connectivity index (χ0v) is 14.5. The van der Waals surface area contributed by atoms with Gasteiger partial charge in [0.05, 0.1) is 5.02 Å². The third kappa shape index (κ3) is 3.88. The van der Waals surface area contributed by atoms with Gasteiger partial charge in [0.15, 0.2) is 17.6 Å². The molecule has 1 atom stereocenters. The van der Waals surface area contributed by atoms with Gasteiger partial charge in [0, 0.05) is 11.8 Å². The summed E-state index contributed by atoms with van der Waals surface area (Å²) in [7, 11) is 0. The molecule has 0 fully saturated rings. The lowest BCUT2D eigenvalue weighted by atomic mass is 10.2. The van der Waals surface area contributed by atoms with Crippen LogP contribution in [0, 0.1) is 5.82 Å². The fraction of sp³-hybridized carbons (Fsp3) is 0.222. The highest BCUT2D eigenvalue weighted by atomic mass is 35.5. The summed E-state index contributed by atoms with van der Waals surface area (Å²) in [4.78, 5) is 24.3. The summed E-state index contributed by atoms with van der Waals surface area (Å²) in [5, 5.41) is 2.51. The number of carbonyl (C=O) groups excluding carboxylic acids is 2. The SMILES string of the molecule is C[C@@H](OC(=O)c1c(F)cccc1Cl)C(=O)Nc1ccc2c(c1)OCCO2. The molecule has 0 saturated heterocycles. The molecule has 2 aromatic carbocycles. The predicted molar refractivity (Wildman–Crippen MR) is 92.3 cm³/mol. The molecule has 1 aliphatic rings. The smallest absolute Gasteiger partial charge is 0.343 e. The summed E-state index contributed by atoms with van der Waals surface area (Å²) in [6, 6.07) is 8.72. The van der Waals surface area contributed by atoms with Gasteiger partial charge in [-0.1, -0.05) is 17.7 Å². The van der Waals surface area contributed by atoms with Crippen molar-refractivity contribution in [1.82, 2.24) is 0 Å². The van der Waals surface area contributed by atoms with Gasteiger partial charge in [-0.15, -0.1) is 0 Å². The van der Waals surface area contributed by atoms with E-state index in [2.05, 4.69) is 5.32 Å².